The van der Waals surface area contributed by atoms with Crippen molar-refractivity contribution in [2.45, 2.75) is 16.9 Å². The lowest BCUT2D eigenvalue weighted by Crippen LogP contribution is -2.45. The number of hydroxylamine groups is 2. The van der Waals surface area contributed by atoms with Crippen molar-refractivity contribution >= 4 is 29.4 Å². The average Bonchev–Trinajstić information content (AvgIpc) is 2.47. The van der Waals surface area contributed by atoms with E-state index < -0.39 is 4.08 Å². The third-order valence-electron chi connectivity index (χ3n) is 3.12. The molecule has 0 saturated carbocycles. The summed E-state index contributed by atoms with van der Waals surface area (Å²) in [5.74, 6) is 2.11. The quantitative estimate of drug-likeness (QED) is 0.799. The Morgan fingerprint density at radius 2 is 1.95 bits per heavy atom. The molecule has 1 saturated heterocycles. The van der Waals surface area contributed by atoms with Gasteiger partial charge in [0.1, 0.15) is 4.08 Å². The first-order valence-electron chi connectivity index (χ1n) is 6.32. The van der Waals surface area contributed by atoms with E-state index in [2.05, 4.69) is 12.1 Å². The second-order valence-electron chi connectivity index (χ2n) is 4.45. The molecule has 3 nitrogen and oxygen atoms in total. The molecule has 2 rings (SSSR count). The van der Waals surface area contributed by atoms with Crippen LogP contribution in [0.25, 0.3) is 0 Å². The monoisotopic (exact) mass is 297 g/mol. The highest BCUT2D eigenvalue weighted by Gasteiger charge is 2.43. The summed E-state index contributed by atoms with van der Waals surface area (Å²) >= 11 is 3.50. The lowest BCUT2D eigenvalue weighted by atomic mass is 10.1. The summed E-state index contributed by atoms with van der Waals surface area (Å²) in [7, 11) is 3.22. The predicted octanol–water partition coefficient (Wildman–Crippen LogP) is 2.82. The third-order valence-corrected chi connectivity index (χ3v) is 6.39. The molecule has 104 valence electrons. The van der Waals surface area contributed by atoms with E-state index in [-0.39, 0.29) is 5.91 Å². The molecule has 0 aromatic heterocycles. The van der Waals surface area contributed by atoms with Crippen LogP contribution in [0, 0.1) is 0 Å². The summed E-state index contributed by atoms with van der Waals surface area (Å²) in [6.07, 6.45) is 1.91. The van der Waals surface area contributed by atoms with Crippen LogP contribution in [-0.2, 0) is 16.1 Å². The highest BCUT2D eigenvalue weighted by molar-refractivity contribution is 8.19. The van der Waals surface area contributed by atoms with E-state index >= 15 is 0 Å². The number of nitrogens with zero attached hydrogens (tertiary/aromatic N) is 1. The van der Waals surface area contributed by atoms with Gasteiger partial charge in [0.15, 0.2) is 0 Å². The van der Waals surface area contributed by atoms with Gasteiger partial charge in [-0.1, -0.05) is 30.3 Å². The first-order chi connectivity index (χ1) is 9.18. The molecule has 1 amide bonds. The molecular weight excluding hydrogens is 278 g/mol. The molecule has 0 N–H and O–H groups in total. The van der Waals surface area contributed by atoms with Gasteiger partial charge in [-0.15, -0.1) is 23.5 Å². The van der Waals surface area contributed by atoms with Crippen LogP contribution >= 0.6 is 23.5 Å². The molecule has 0 unspecified atom stereocenters. The molecule has 1 aromatic carbocycles. The molecule has 0 atom stereocenters. The zero-order valence-corrected chi connectivity index (χ0v) is 12.9. The molecule has 1 fully saturated rings. The smallest absolute Gasteiger partial charge is 0.272 e. The number of carbonyl (C=O) groups is 1. The Bertz CT molecular complexity index is 419. The van der Waals surface area contributed by atoms with Crippen LogP contribution in [0.4, 0.5) is 0 Å². The Morgan fingerprint density at radius 3 is 2.53 bits per heavy atom. The first-order valence-corrected chi connectivity index (χ1v) is 8.29. The summed E-state index contributed by atoms with van der Waals surface area (Å²) in [6.45, 7) is 0. The number of carbonyl (C=O) groups excluding carboxylic acids is 1. The Kier molecular flexibility index (Phi) is 5.19. The Balaban J connectivity index is 2.22. The molecule has 1 aliphatic heterocycles. The number of hydrogen-bond donors (Lipinski definition) is 0. The van der Waals surface area contributed by atoms with Gasteiger partial charge in [0.25, 0.3) is 5.91 Å². The van der Waals surface area contributed by atoms with Crippen molar-refractivity contribution < 1.29 is 9.63 Å². The standard InChI is InChI=1S/C14H19NO2S2/c1-15(17-2)13(16)14(18-9-6-10-19-14)11-12-7-4-3-5-8-12/h3-5,7-8H,6,9-11H2,1-2H3. The normalized spacial score (nSPS) is 18.0. The van der Waals surface area contributed by atoms with Crippen LogP contribution in [0.5, 0.6) is 0 Å². The number of hydrogen-bond acceptors (Lipinski definition) is 4. The molecule has 1 aliphatic rings. The van der Waals surface area contributed by atoms with E-state index in [4.69, 9.17) is 4.84 Å². The van der Waals surface area contributed by atoms with Gasteiger partial charge in [0.2, 0.25) is 0 Å². The van der Waals surface area contributed by atoms with Crippen LogP contribution in [0.1, 0.15) is 12.0 Å². The Labute approximate surface area is 123 Å². The summed E-state index contributed by atoms with van der Waals surface area (Å²) in [6, 6.07) is 10.2. The van der Waals surface area contributed by atoms with E-state index in [0.29, 0.717) is 0 Å². The van der Waals surface area contributed by atoms with Crippen molar-refractivity contribution in [3.8, 4) is 0 Å². The molecule has 1 heterocycles. The molecule has 0 aliphatic carbocycles. The van der Waals surface area contributed by atoms with Crippen LogP contribution in [-0.4, -0.2) is 40.7 Å². The number of thioether (sulfide) groups is 2. The fourth-order valence-corrected chi connectivity index (χ4v) is 5.36. The third kappa shape index (κ3) is 3.46. The van der Waals surface area contributed by atoms with Gasteiger partial charge < -0.3 is 0 Å². The number of amides is 1. The Morgan fingerprint density at radius 1 is 1.32 bits per heavy atom. The maximum absolute atomic E-state index is 12.6. The van der Waals surface area contributed by atoms with Crippen LogP contribution in [0.3, 0.4) is 0 Å². The van der Waals surface area contributed by atoms with Crippen molar-refractivity contribution in [2.75, 3.05) is 25.7 Å². The van der Waals surface area contributed by atoms with E-state index in [1.165, 1.54) is 17.7 Å². The second kappa shape index (κ2) is 6.68. The molecule has 0 radical (unpaired) electrons. The average molecular weight is 297 g/mol. The SMILES string of the molecule is CON(C)C(=O)C1(Cc2ccccc2)SCCCS1. The molecule has 19 heavy (non-hydrogen) atoms. The zero-order valence-electron chi connectivity index (χ0n) is 11.3. The molecular formula is C14H19NO2S2. The number of rotatable bonds is 4. The predicted molar refractivity (Wildman–Crippen MR) is 82.2 cm³/mol. The molecule has 0 bridgehead atoms. The largest absolute Gasteiger partial charge is 0.274 e. The summed E-state index contributed by atoms with van der Waals surface area (Å²) < 4.78 is -0.440. The number of benzene rings is 1. The van der Waals surface area contributed by atoms with Gasteiger partial charge in [0.05, 0.1) is 7.11 Å². The second-order valence-corrected chi connectivity index (χ2v) is 7.50. The minimum Gasteiger partial charge on any atom is -0.274 e. The van der Waals surface area contributed by atoms with Crippen molar-refractivity contribution in [2.24, 2.45) is 0 Å². The van der Waals surface area contributed by atoms with Crippen molar-refractivity contribution in [1.82, 2.24) is 5.06 Å². The lowest BCUT2D eigenvalue weighted by Gasteiger charge is -2.36. The highest BCUT2D eigenvalue weighted by atomic mass is 32.2. The maximum atomic E-state index is 12.6. The van der Waals surface area contributed by atoms with E-state index in [0.717, 1.165) is 24.3 Å². The fourth-order valence-electron chi connectivity index (χ4n) is 2.06. The van der Waals surface area contributed by atoms with Gasteiger partial charge >= 0.3 is 0 Å². The van der Waals surface area contributed by atoms with E-state index in [1.807, 2.05) is 18.2 Å². The summed E-state index contributed by atoms with van der Waals surface area (Å²) in [4.78, 5) is 17.7. The highest BCUT2D eigenvalue weighted by Crippen LogP contribution is 2.45. The lowest BCUT2D eigenvalue weighted by molar-refractivity contribution is -0.168. The molecule has 0 spiro atoms. The Hall–Kier alpha value is -0.650. The van der Waals surface area contributed by atoms with Crippen LogP contribution < -0.4 is 0 Å². The van der Waals surface area contributed by atoms with Gasteiger partial charge in [-0.25, -0.2) is 5.06 Å². The van der Waals surface area contributed by atoms with Gasteiger partial charge in [-0.3, -0.25) is 9.63 Å². The van der Waals surface area contributed by atoms with Crippen molar-refractivity contribution in [3.05, 3.63) is 35.9 Å². The molecule has 1 aromatic rings. The minimum absolute atomic E-state index is 0.0496. The van der Waals surface area contributed by atoms with E-state index in [1.54, 1.807) is 30.6 Å². The van der Waals surface area contributed by atoms with Crippen LogP contribution in [0.2, 0.25) is 0 Å². The summed E-state index contributed by atoms with van der Waals surface area (Å²) in [5.41, 5.74) is 1.20. The summed E-state index contributed by atoms with van der Waals surface area (Å²) in [5, 5.41) is 1.36. The fraction of sp³-hybridized carbons (Fsp3) is 0.500. The van der Waals surface area contributed by atoms with Crippen molar-refractivity contribution in [3.63, 3.8) is 0 Å². The molecule has 5 heteroatoms. The minimum atomic E-state index is -0.440. The van der Waals surface area contributed by atoms with Gasteiger partial charge in [-0.2, -0.15) is 0 Å². The maximum Gasteiger partial charge on any atom is 0.272 e. The first kappa shape index (κ1) is 14.8. The topological polar surface area (TPSA) is 29.5 Å². The zero-order chi connectivity index (χ0) is 13.7. The van der Waals surface area contributed by atoms with E-state index in [9.17, 15) is 4.79 Å². The van der Waals surface area contributed by atoms with Crippen LogP contribution in [0.15, 0.2) is 30.3 Å². The van der Waals surface area contributed by atoms with Gasteiger partial charge in [-0.05, 0) is 23.5 Å². The van der Waals surface area contributed by atoms with Crippen molar-refractivity contribution in [1.29, 1.82) is 0 Å². The van der Waals surface area contributed by atoms with Gasteiger partial charge in [0, 0.05) is 13.5 Å².